The molecule has 0 aliphatic carbocycles. The minimum absolute atomic E-state index is 0.0178. The van der Waals surface area contributed by atoms with Crippen molar-refractivity contribution in [3.8, 4) is 0 Å². The monoisotopic (exact) mass is 440 g/mol. The van der Waals surface area contributed by atoms with E-state index in [0.29, 0.717) is 13.1 Å². The first-order valence-electron chi connectivity index (χ1n) is 10.3. The highest BCUT2D eigenvalue weighted by Gasteiger charge is 2.32. The third-order valence-electron chi connectivity index (χ3n) is 5.53. The van der Waals surface area contributed by atoms with Crippen molar-refractivity contribution < 1.29 is 19.2 Å². The average Bonchev–Trinajstić information content (AvgIpc) is 3.18. The molecule has 0 spiro atoms. The molecule has 11 nitrogen and oxygen atoms in total. The van der Waals surface area contributed by atoms with E-state index in [1.54, 1.807) is 11.0 Å². The van der Waals surface area contributed by atoms with Gasteiger partial charge in [-0.2, -0.15) is 0 Å². The van der Waals surface area contributed by atoms with E-state index in [-0.39, 0.29) is 17.7 Å². The number of nitrogens with one attached hydrogen (secondary N) is 1. The molecule has 0 radical (unpaired) electrons. The van der Waals surface area contributed by atoms with Gasteiger partial charge in [0.15, 0.2) is 0 Å². The lowest BCUT2D eigenvalue weighted by atomic mass is 10.2. The minimum atomic E-state index is -0.455. The fourth-order valence-corrected chi connectivity index (χ4v) is 3.81. The lowest BCUT2D eigenvalue weighted by molar-refractivity contribution is -0.385. The van der Waals surface area contributed by atoms with Gasteiger partial charge in [0.2, 0.25) is 5.91 Å². The molecule has 0 unspecified atom stereocenters. The lowest BCUT2D eigenvalue weighted by Gasteiger charge is -2.36. The number of hydrogen-bond donors (Lipinski definition) is 1. The van der Waals surface area contributed by atoms with Crippen molar-refractivity contribution in [3.63, 3.8) is 0 Å². The molecule has 4 rings (SSSR count). The first-order chi connectivity index (χ1) is 15.4. The maximum absolute atomic E-state index is 12.2. The van der Waals surface area contributed by atoms with Crippen LogP contribution in [0.5, 0.6) is 0 Å². The molecule has 1 atom stereocenters. The van der Waals surface area contributed by atoms with Crippen LogP contribution < -0.4 is 20.0 Å². The summed E-state index contributed by atoms with van der Waals surface area (Å²) in [5.41, 5.74) is 1.78. The molecule has 32 heavy (non-hydrogen) atoms. The number of amides is 2. The van der Waals surface area contributed by atoms with Crippen LogP contribution in [-0.4, -0.2) is 67.3 Å². The molecule has 168 valence electrons. The predicted molar refractivity (Wildman–Crippen MR) is 118 cm³/mol. The van der Waals surface area contributed by atoms with E-state index >= 15 is 0 Å². The summed E-state index contributed by atoms with van der Waals surface area (Å²) in [5, 5.41) is 13.5. The number of cyclic esters (lactones) is 1. The van der Waals surface area contributed by atoms with Gasteiger partial charge in [-0.15, -0.1) is 0 Å². The lowest BCUT2D eigenvalue weighted by Crippen LogP contribution is -2.46. The van der Waals surface area contributed by atoms with Crippen LogP contribution in [0.1, 0.15) is 6.92 Å². The minimum Gasteiger partial charge on any atom is -0.442 e. The summed E-state index contributed by atoms with van der Waals surface area (Å²) in [4.78, 5) is 43.7. The van der Waals surface area contributed by atoms with E-state index in [2.05, 4.69) is 20.1 Å². The Morgan fingerprint density at radius 2 is 1.78 bits per heavy atom. The normalized spacial score (nSPS) is 18.5. The SMILES string of the molecule is CC(=O)NC[C@H]1CN(c2ccc(N3CCN(c4ccc([N+](=O)[O-])cn4)CC3)cc2)C(=O)O1. The Bertz CT molecular complexity index is 989. The van der Waals surface area contributed by atoms with Crippen LogP contribution in [0.3, 0.4) is 0 Å². The molecule has 2 aliphatic heterocycles. The quantitative estimate of drug-likeness (QED) is 0.533. The van der Waals surface area contributed by atoms with Crippen molar-refractivity contribution in [1.82, 2.24) is 10.3 Å². The highest BCUT2D eigenvalue weighted by Crippen LogP contribution is 2.26. The molecule has 2 amide bonds. The molecule has 1 aromatic heterocycles. The van der Waals surface area contributed by atoms with E-state index in [4.69, 9.17) is 4.74 Å². The van der Waals surface area contributed by atoms with Gasteiger partial charge >= 0.3 is 6.09 Å². The largest absolute Gasteiger partial charge is 0.442 e. The van der Waals surface area contributed by atoms with Crippen molar-refractivity contribution in [1.29, 1.82) is 0 Å². The van der Waals surface area contributed by atoms with Crippen molar-refractivity contribution in [2.45, 2.75) is 13.0 Å². The molecule has 0 saturated carbocycles. The van der Waals surface area contributed by atoms with E-state index in [0.717, 1.165) is 43.4 Å². The van der Waals surface area contributed by atoms with Crippen molar-refractivity contribution in [3.05, 3.63) is 52.7 Å². The van der Waals surface area contributed by atoms with Crippen LogP contribution in [0.25, 0.3) is 0 Å². The molecule has 2 saturated heterocycles. The summed E-state index contributed by atoms with van der Waals surface area (Å²) < 4.78 is 5.31. The number of rotatable bonds is 6. The van der Waals surface area contributed by atoms with Crippen LogP contribution in [0.2, 0.25) is 0 Å². The highest BCUT2D eigenvalue weighted by atomic mass is 16.6. The Kier molecular flexibility index (Phi) is 6.06. The molecule has 3 heterocycles. The number of aromatic nitrogens is 1. The van der Waals surface area contributed by atoms with Crippen LogP contribution in [0.15, 0.2) is 42.6 Å². The van der Waals surface area contributed by atoms with Gasteiger partial charge in [-0.05, 0) is 30.3 Å². The Balaban J connectivity index is 1.32. The molecular formula is C21H24N6O5. The van der Waals surface area contributed by atoms with Gasteiger partial charge < -0.3 is 19.9 Å². The number of pyridine rings is 1. The van der Waals surface area contributed by atoms with Crippen LogP contribution in [-0.2, 0) is 9.53 Å². The molecule has 2 fully saturated rings. The average molecular weight is 440 g/mol. The van der Waals surface area contributed by atoms with Crippen LogP contribution >= 0.6 is 0 Å². The second kappa shape index (κ2) is 9.08. The molecule has 1 aromatic carbocycles. The topological polar surface area (TPSA) is 121 Å². The highest BCUT2D eigenvalue weighted by molar-refractivity contribution is 5.90. The second-order valence-corrected chi connectivity index (χ2v) is 7.68. The van der Waals surface area contributed by atoms with Gasteiger partial charge in [-0.25, -0.2) is 9.78 Å². The van der Waals surface area contributed by atoms with Gasteiger partial charge in [0.25, 0.3) is 5.69 Å². The van der Waals surface area contributed by atoms with Crippen molar-refractivity contribution in [2.24, 2.45) is 0 Å². The Morgan fingerprint density at radius 1 is 1.12 bits per heavy atom. The molecule has 2 aromatic rings. The summed E-state index contributed by atoms with van der Waals surface area (Å²) in [6.45, 7) is 5.16. The Labute approximate surface area is 184 Å². The molecular weight excluding hydrogens is 416 g/mol. The number of hydrogen-bond acceptors (Lipinski definition) is 8. The maximum Gasteiger partial charge on any atom is 0.414 e. The van der Waals surface area contributed by atoms with Gasteiger partial charge in [-0.1, -0.05) is 0 Å². The van der Waals surface area contributed by atoms with Gasteiger partial charge in [0.05, 0.1) is 18.0 Å². The zero-order chi connectivity index (χ0) is 22.7. The number of carbonyl (C=O) groups is 2. The summed E-state index contributed by atoms with van der Waals surface area (Å²) in [7, 11) is 0. The molecule has 1 N–H and O–H groups in total. The van der Waals surface area contributed by atoms with E-state index in [1.807, 2.05) is 24.3 Å². The number of nitro groups is 1. The summed E-state index contributed by atoms with van der Waals surface area (Å²) >= 11 is 0. The van der Waals surface area contributed by atoms with Crippen LogP contribution in [0.4, 0.5) is 27.7 Å². The first-order valence-corrected chi connectivity index (χ1v) is 10.3. The predicted octanol–water partition coefficient (Wildman–Crippen LogP) is 1.78. The molecule has 0 bridgehead atoms. The smallest absolute Gasteiger partial charge is 0.414 e. The van der Waals surface area contributed by atoms with Crippen LogP contribution in [0, 0.1) is 10.1 Å². The second-order valence-electron chi connectivity index (χ2n) is 7.68. The number of ether oxygens (including phenoxy) is 1. The Hall–Kier alpha value is -3.89. The fraction of sp³-hybridized carbons (Fsp3) is 0.381. The third-order valence-corrected chi connectivity index (χ3v) is 5.53. The van der Waals surface area contributed by atoms with Gasteiger partial charge in [0.1, 0.15) is 18.1 Å². The van der Waals surface area contributed by atoms with Gasteiger partial charge in [0, 0.05) is 50.5 Å². The van der Waals surface area contributed by atoms with E-state index < -0.39 is 11.0 Å². The zero-order valence-electron chi connectivity index (χ0n) is 17.6. The summed E-state index contributed by atoms with van der Waals surface area (Å²) in [6, 6.07) is 10.9. The fourth-order valence-electron chi connectivity index (χ4n) is 3.81. The summed E-state index contributed by atoms with van der Waals surface area (Å²) in [5.74, 6) is 0.570. The Morgan fingerprint density at radius 3 is 2.38 bits per heavy atom. The van der Waals surface area contributed by atoms with E-state index in [9.17, 15) is 19.7 Å². The van der Waals surface area contributed by atoms with Crippen molar-refractivity contribution >= 4 is 34.9 Å². The molecule has 11 heteroatoms. The molecule has 2 aliphatic rings. The first kappa shape index (κ1) is 21.3. The number of anilines is 3. The number of benzene rings is 1. The standard InChI is InChI=1S/C21H24N6O5/c1-15(28)22-13-19-14-26(21(29)32-19)17-4-2-16(3-5-17)24-8-10-25(11-9-24)20-7-6-18(12-23-20)27(30)31/h2-7,12,19H,8-11,13-14H2,1H3,(H,22,28)/t19-/m0/s1. The van der Waals surface area contributed by atoms with E-state index in [1.165, 1.54) is 19.2 Å². The van der Waals surface area contributed by atoms with Crippen molar-refractivity contribution in [2.75, 3.05) is 54.0 Å². The van der Waals surface area contributed by atoms with Gasteiger partial charge in [-0.3, -0.25) is 19.8 Å². The zero-order valence-corrected chi connectivity index (χ0v) is 17.6. The summed E-state index contributed by atoms with van der Waals surface area (Å²) in [6.07, 6.45) is 0.495. The number of piperazine rings is 1. The number of carbonyl (C=O) groups excluding carboxylic acids is 2. The maximum atomic E-state index is 12.2. The third kappa shape index (κ3) is 4.71. The number of nitrogens with zero attached hydrogens (tertiary/aromatic N) is 5.